The highest BCUT2D eigenvalue weighted by Crippen LogP contribution is 2.33. The van der Waals surface area contributed by atoms with Gasteiger partial charge in [0.05, 0.1) is 38.6 Å². The molecule has 3 rings (SSSR count). The predicted molar refractivity (Wildman–Crippen MR) is 364 cm³/mol. The average molecular weight is 1320 g/mol. The minimum Gasteiger partial charge on any atom is -0.394 e. The van der Waals surface area contributed by atoms with Crippen LogP contribution in [0.2, 0.25) is 0 Å². The van der Waals surface area contributed by atoms with Crippen molar-refractivity contribution in [2.45, 2.75) is 349 Å². The Labute approximate surface area is 559 Å². The van der Waals surface area contributed by atoms with Gasteiger partial charge in [-0.3, -0.25) is 4.79 Å². The standard InChI is InChI=1S/C74H129NO18/c1-3-5-7-9-11-13-15-17-19-21-23-25-26-27-28-29-30-32-33-35-37-39-41-43-45-47-49-51-58(79)57(75-62(80)52-50-48-46-44-42-40-38-36-34-31-24-22-20-18-16-14-12-10-8-6-4-2)56-88-72-68(86)65(83)70(60(54-77)90-72)93-74-69(87)66(84)71(61(55-78)91-74)92-73-67(85)64(82)63(81)59(53-76)89-73/h6,8,12,14,18,20,24,31,33,35,41,43,49,51,57-61,63-74,76-79,81-87H,3-5,7,9-11,13,15-17,19,21-23,25-30,32,34,36-40,42,44-48,50,52-56H2,1-2H3,(H,75,80)/b8-6-,14-12-,20-18-,31-24-,35-33+,43-41+,51-49+. The highest BCUT2D eigenvalue weighted by Gasteiger charge is 2.53. The lowest BCUT2D eigenvalue weighted by Crippen LogP contribution is -2.66. The molecule has 538 valence electrons. The molecule has 0 bridgehead atoms. The van der Waals surface area contributed by atoms with Gasteiger partial charge >= 0.3 is 0 Å². The lowest BCUT2D eigenvalue weighted by molar-refractivity contribution is -0.379. The Morgan fingerprint density at radius 3 is 1.20 bits per heavy atom. The number of ether oxygens (including phenoxy) is 6. The molecule has 12 N–H and O–H groups in total. The van der Waals surface area contributed by atoms with Crippen molar-refractivity contribution in [2.75, 3.05) is 26.4 Å². The Balaban J connectivity index is 1.45. The molecule has 0 aromatic carbocycles. The van der Waals surface area contributed by atoms with E-state index in [1.165, 1.54) is 122 Å². The van der Waals surface area contributed by atoms with Gasteiger partial charge in [-0.1, -0.05) is 240 Å². The zero-order valence-electron chi connectivity index (χ0n) is 57.0. The lowest BCUT2D eigenvalue weighted by Gasteiger charge is -2.48. The molecular weight excluding hydrogens is 1190 g/mol. The topological polar surface area (TPSA) is 307 Å². The molecule has 3 aliphatic rings. The van der Waals surface area contributed by atoms with Gasteiger partial charge < -0.3 is 89.9 Å². The summed E-state index contributed by atoms with van der Waals surface area (Å²) < 4.78 is 34.3. The Kier molecular flexibility index (Phi) is 49.7. The second-order valence-corrected chi connectivity index (χ2v) is 25.6. The number of carbonyl (C=O) groups is 1. The molecule has 0 aliphatic carbocycles. The van der Waals surface area contributed by atoms with Crippen molar-refractivity contribution in [1.29, 1.82) is 0 Å². The highest BCUT2D eigenvalue weighted by molar-refractivity contribution is 5.76. The minimum absolute atomic E-state index is 0.218. The Hall–Kier alpha value is -3.03. The maximum Gasteiger partial charge on any atom is 0.220 e. The largest absolute Gasteiger partial charge is 0.394 e. The molecule has 3 heterocycles. The highest BCUT2D eigenvalue weighted by atomic mass is 16.8. The second-order valence-electron chi connectivity index (χ2n) is 25.6. The average Bonchev–Trinajstić information content (AvgIpc) is 1.48. The van der Waals surface area contributed by atoms with Crippen molar-refractivity contribution in [3.63, 3.8) is 0 Å². The van der Waals surface area contributed by atoms with Gasteiger partial charge in [0.15, 0.2) is 18.9 Å². The molecule has 3 fully saturated rings. The molecule has 0 radical (unpaired) electrons. The first-order valence-electron chi connectivity index (χ1n) is 36.3. The summed E-state index contributed by atoms with van der Waals surface area (Å²) in [4.78, 5) is 13.4. The Morgan fingerprint density at radius 2 is 0.753 bits per heavy atom. The zero-order chi connectivity index (χ0) is 67.5. The third-order valence-electron chi connectivity index (χ3n) is 17.7. The first kappa shape index (κ1) is 84.2. The van der Waals surface area contributed by atoms with E-state index in [1.807, 2.05) is 6.08 Å². The van der Waals surface area contributed by atoms with Gasteiger partial charge in [0.1, 0.15) is 73.2 Å². The van der Waals surface area contributed by atoms with Gasteiger partial charge in [-0.05, 0) is 83.5 Å². The smallest absolute Gasteiger partial charge is 0.220 e. The SMILES string of the molecule is CC/C=C\C/C=C\C/C=C\C/C=C\CCCCCCCCCCC(=O)NC(COC1OC(CO)C(OC2OC(CO)C(OC3OC(CO)C(O)C(O)C3O)C(O)C2O)C(O)C1O)C(O)/C=C/CC/C=C/CC/C=C/CCCCCCCCCCCCCCCCCCC. The minimum atomic E-state index is -1.99. The number of nitrogens with one attached hydrogen (secondary N) is 1. The van der Waals surface area contributed by atoms with Gasteiger partial charge in [0, 0.05) is 6.42 Å². The van der Waals surface area contributed by atoms with Crippen molar-refractivity contribution in [2.24, 2.45) is 0 Å². The van der Waals surface area contributed by atoms with E-state index in [2.05, 4.69) is 92.1 Å². The van der Waals surface area contributed by atoms with Crippen LogP contribution in [0.4, 0.5) is 0 Å². The van der Waals surface area contributed by atoms with Crippen molar-refractivity contribution >= 4 is 5.91 Å². The number of aliphatic hydroxyl groups is 11. The molecule has 19 heteroatoms. The van der Waals surface area contributed by atoms with E-state index in [9.17, 15) is 61.0 Å². The molecule has 0 aromatic rings. The third-order valence-corrected chi connectivity index (χ3v) is 17.7. The molecule has 17 unspecified atom stereocenters. The number of unbranched alkanes of at least 4 members (excludes halogenated alkanes) is 27. The van der Waals surface area contributed by atoms with Crippen LogP contribution >= 0.6 is 0 Å². The summed E-state index contributed by atoms with van der Waals surface area (Å²) in [5.74, 6) is -0.300. The maximum atomic E-state index is 13.4. The Morgan fingerprint density at radius 1 is 0.398 bits per heavy atom. The summed E-state index contributed by atoms with van der Waals surface area (Å²) >= 11 is 0. The number of aliphatic hydroxyl groups excluding tert-OH is 11. The van der Waals surface area contributed by atoms with Crippen LogP contribution < -0.4 is 5.32 Å². The van der Waals surface area contributed by atoms with Crippen LogP contribution in [0.25, 0.3) is 0 Å². The van der Waals surface area contributed by atoms with Gasteiger partial charge in [0.25, 0.3) is 0 Å². The molecule has 19 nitrogen and oxygen atoms in total. The molecule has 0 spiro atoms. The van der Waals surface area contributed by atoms with Gasteiger partial charge in [-0.2, -0.15) is 0 Å². The number of hydrogen-bond acceptors (Lipinski definition) is 18. The fourth-order valence-electron chi connectivity index (χ4n) is 11.8. The zero-order valence-corrected chi connectivity index (χ0v) is 57.0. The number of carbonyl (C=O) groups excluding carboxylic acids is 1. The van der Waals surface area contributed by atoms with Crippen LogP contribution in [0.1, 0.15) is 245 Å². The van der Waals surface area contributed by atoms with E-state index < -0.39 is 124 Å². The third kappa shape index (κ3) is 36.4. The summed E-state index contributed by atoms with van der Waals surface area (Å²) in [5.41, 5.74) is 0. The molecule has 1 amide bonds. The summed E-state index contributed by atoms with van der Waals surface area (Å²) in [5, 5.41) is 121. The van der Waals surface area contributed by atoms with Crippen LogP contribution in [0.5, 0.6) is 0 Å². The van der Waals surface area contributed by atoms with Crippen molar-refractivity contribution in [3.8, 4) is 0 Å². The van der Waals surface area contributed by atoms with E-state index in [1.54, 1.807) is 6.08 Å². The van der Waals surface area contributed by atoms with Gasteiger partial charge in [0.2, 0.25) is 5.91 Å². The molecule has 93 heavy (non-hydrogen) atoms. The first-order valence-corrected chi connectivity index (χ1v) is 36.3. The summed E-state index contributed by atoms with van der Waals surface area (Å²) in [6.45, 7) is 1.60. The predicted octanol–water partition coefficient (Wildman–Crippen LogP) is 10.3. The van der Waals surface area contributed by atoms with Crippen LogP contribution in [0, 0.1) is 0 Å². The second kappa shape index (κ2) is 54.9. The molecule has 0 saturated carbocycles. The van der Waals surface area contributed by atoms with Crippen LogP contribution in [0.3, 0.4) is 0 Å². The number of allylic oxidation sites excluding steroid dienone is 13. The monoisotopic (exact) mass is 1320 g/mol. The van der Waals surface area contributed by atoms with E-state index in [-0.39, 0.29) is 18.9 Å². The van der Waals surface area contributed by atoms with Crippen molar-refractivity contribution < 1.29 is 89.4 Å². The van der Waals surface area contributed by atoms with Crippen LogP contribution in [-0.4, -0.2) is 193 Å². The molecular formula is C74H129NO18. The van der Waals surface area contributed by atoms with Gasteiger partial charge in [-0.25, -0.2) is 0 Å². The van der Waals surface area contributed by atoms with Crippen molar-refractivity contribution in [3.05, 3.63) is 85.1 Å². The van der Waals surface area contributed by atoms with E-state index in [0.717, 1.165) is 89.9 Å². The fraction of sp³-hybridized carbons (Fsp3) is 0.797. The van der Waals surface area contributed by atoms with Crippen LogP contribution in [-0.2, 0) is 33.2 Å². The first-order chi connectivity index (χ1) is 45.3. The molecule has 3 aliphatic heterocycles. The van der Waals surface area contributed by atoms with Gasteiger partial charge in [-0.15, -0.1) is 0 Å². The lowest BCUT2D eigenvalue weighted by atomic mass is 9.96. The summed E-state index contributed by atoms with van der Waals surface area (Å²) in [6, 6.07) is -1.01. The van der Waals surface area contributed by atoms with Crippen LogP contribution in [0.15, 0.2) is 85.1 Å². The molecule has 17 atom stereocenters. The van der Waals surface area contributed by atoms with E-state index in [4.69, 9.17) is 28.4 Å². The fourth-order valence-corrected chi connectivity index (χ4v) is 11.8. The maximum absolute atomic E-state index is 13.4. The number of amides is 1. The molecule has 3 saturated heterocycles. The summed E-state index contributed by atoms with van der Waals surface area (Å²) in [7, 11) is 0. The van der Waals surface area contributed by atoms with E-state index in [0.29, 0.717) is 12.8 Å². The van der Waals surface area contributed by atoms with E-state index >= 15 is 0 Å². The van der Waals surface area contributed by atoms with Crippen molar-refractivity contribution in [1.82, 2.24) is 5.32 Å². The number of hydrogen-bond donors (Lipinski definition) is 12. The quantitative estimate of drug-likeness (QED) is 0.0199. The molecule has 0 aromatic heterocycles. The number of rotatable bonds is 55. The summed E-state index contributed by atoms with van der Waals surface area (Å²) in [6.07, 6.45) is 44.2. The Bertz CT molecular complexity index is 2010. The normalized spacial score (nSPS) is 28.0.